The largest absolute Gasteiger partial charge is 0.453 e. The molecule has 3 aliphatic rings. The molecular formula is C34H32FN11O4S. The Kier molecular flexibility index (Phi) is 7.43. The number of H-pyrrole nitrogens is 1. The predicted molar refractivity (Wildman–Crippen MR) is 184 cm³/mol. The molecule has 1 amide bonds. The number of fused-ring (bicyclic) bond motifs is 4. The SMILES string of the molecule is Cc1ccc2[nH]ncc2c1-c1ncc2c(N3C[C@H]4CC[C@@H](C3)N4)nc(OCC(=O)Nc3ccc(S(=O)(=O)n4cnc(C5CC5)n4)cc3)nc2c1F. The van der Waals surface area contributed by atoms with Gasteiger partial charge in [0.1, 0.15) is 23.4 Å². The van der Waals surface area contributed by atoms with Crippen LogP contribution in [0.1, 0.15) is 43.0 Å². The standard InChI is InChI=1S/C34H32FN11O4S/c1-18-2-11-26-24(13-38-43-26)28(18)31-29(35)30-25(12-36-31)33(45-14-21-5-6-22(15-45)39-21)42-34(41-30)50-16-27(47)40-20-7-9-23(10-8-20)51(48,49)46-17-37-32(44-46)19-3-4-19/h2,7-13,17,19,21-22,39H,3-6,14-16H2,1H3,(H,38,43)(H,40,47)/t21-,22+. The summed E-state index contributed by atoms with van der Waals surface area (Å²) in [6.45, 7) is 2.75. The Hall–Kier alpha value is -5.55. The molecule has 17 heteroatoms. The van der Waals surface area contributed by atoms with Gasteiger partial charge in [0.05, 0.1) is 22.0 Å². The maximum Gasteiger partial charge on any atom is 0.319 e. The lowest BCUT2D eigenvalue weighted by molar-refractivity contribution is -0.118. The van der Waals surface area contributed by atoms with Crippen molar-refractivity contribution in [3.8, 4) is 17.3 Å². The minimum absolute atomic E-state index is 0.00229. The number of piperazine rings is 1. The van der Waals surface area contributed by atoms with E-state index in [0.29, 0.717) is 41.4 Å². The molecular weight excluding hydrogens is 678 g/mol. The van der Waals surface area contributed by atoms with Gasteiger partial charge >= 0.3 is 6.01 Å². The Bertz CT molecular complexity index is 2430. The number of carbonyl (C=O) groups excluding carboxylic acids is 1. The summed E-state index contributed by atoms with van der Waals surface area (Å²) in [4.78, 5) is 32.9. The van der Waals surface area contributed by atoms with Crippen LogP contribution in [0.5, 0.6) is 6.01 Å². The van der Waals surface area contributed by atoms with Crippen molar-refractivity contribution >= 4 is 49.2 Å². The van der Waals surface area contributed by atoms with Gasteiger partial charge in [-0.05, 0) is 68.5 Å². The van der Waals surface area contributed by atoms with Gasteiger partial charge in [-0.3, -0.25) is 14.9 Å². The normalized spacial score (nSPS) is 18.8. The van der Waals surface area contributed by atoms with Crippen molar-refractivity contribution in [3.05, 3.63) is 72.3 Å². The summed E-state index contributed by atoms with van der Waals surface area (Å²) in [6, 6.07) is 9.86. The Labute approximate surface area is 290 Å². The van der Waals surface area contributed by atoms with Crippen LogP contribution >= 0.6 is 0 Å². The van der Waals surface area contributed by atoms with Crippen molar-refractivity contribution in [2.45, 2.75) is 55.5 Å². The minimum atomic E-state index is -3.94. The fourth-order valence-electron chi connectivity index (χ4n) is 6.96. The summed E-state index contributed by atoms with van der Waals surface area (Å²) in [7, 11) is -3.94. The summed E-state index contributed by atoms with van der Waals surface area (Å²) in [5, 5.41) is 18.7. The number of anilines is 2. The zero-order chi connectivity index (χ0) is 34.9. The smallest absolute Gasteiger partial charge is 0.319 e. The molecule has 1 saturated carbocycles. The number of halogens is 1. The summed E-state index contributed by atoms with van der Waals surface area (Å²) in [5.74, 6) is 0.0424. The van der Waals surface area contributed by atoms with E-state index in [1.165, 1.54) is 30.6 Å². The molecule has 2 bridgehead atoms. The third-order valence-corrected chi connectivity index (χ3v) is 11.2. The topological polar surface area (TPSA) is 186 Å². The molecule has 1 aliphatic carbocycles. The molecule has 6 heterocycles. The number of benzene rings is 2. The van der Waals surface area contributed by atoms with Gasteiger partial charge in [-0.1, -0.05) is 6.07 Å². The summed E-state index contributed by atoms with van der Waals surface area (Å²) < 4.78 is 49.4. The molecule has 3 N–H and O–H groups in total. The fraction of sp³-hybridized carbons (Fsp3) is 0.324. The Morgan fingerprint density at radius 2 is 1.78 bits per heavy atom. The number of aromatic nitrogens is 8. The van der Waals surface area contributed by atoms with Gasteiger partial charge in [-0.25, -0.2) is 9.37 Å². The van der Waals surface area contributed by atoms with Crippen molar-refractivity contribution < 1.29 is 22.3 Å². The first-order chi connectivity index (χ1) is 24.7. The number of nitrogens with one attached hydrogen (secondary N) is 3. The second kappa shape index (κ2) is 12.1. The number of aromatic amines is 1. The van der Waals surface area contributed by atoms with E-state index in [4.69, 9.17) is 4.74 Å². The maximum atomic E-state index is 16.6. The number of amides is 1. The van der Waals surface area contributed by atoms with Crippen LogP contribution in [0.25, 0.3) is 33.1 Å². The van der Waals surface area contributed by atoms with Gasteiger partial charge in [-0.2, -0.15) is 23.5 Å². The van der Waals surface area contributed by atoms with Gasteiger partial charge in [0, 0.05) is 53.9 Å². The number of nitrogens with zero attached hydrogens (tertiary/aromatic N) is 8. The lowest BCUT2D eigenvalue weighted by atomic mass is 10.00. The molecule has 0 radical (unpaired) electrons. The van der Waals surface area contributed by atoms with E-state index in [1.54, 1.807) is 12.4 Å². The van der Waals surface area contributed by atoms with Gasteiger partial charge in [0.2, 0.25) is 0 Å². The number of hydrogen-bond acceptors (Lipinski definition) is 12. The molecule has 3 fully saturated rings. The van der Waals surface area contributed by atoms with E-state index in [1.807, 2.05) is 19.1 Å². The zero-order valence-electron chi connectivity index (χ0n) is 27.4. The summed E-state index contributed by atoms with van der Waals surface area (Å²) in [6.07, 6.45) is 8.41. The lowest BCUT2D eigenvalue weighted by Gasteiger charge is -2.34. The second-order valence-electron chi connectivity index (χ2n) is 13.3. The Morgan fingerprint density at radius 3 is 2.55 bits per heavy atom. The molecule has 9 rings (SSSR count). The monoisotopic (exact) mass is 709 g/mol. The molecule has 0 spiro atoms. The third-order valence-electron chi connectivity index (χ3n) is 9.68. The van der Waals surface area contributed by atoms with E-state index >= 15 is 4.39 Å². The highest BCUT2D eigenvalue weighted by molar-refractivity contribution is 7.89. The van der Waals surface area contributed by atoms with Gasteiger partial charge in [0.15, 0.2) is 18.2 Å². The Balaban J connectivity index is 0.981. The van der Waals surface area contributed by atoms with Crippen LogP contribution in [0.4, 0.5) is 15.9 Å². The van der Waals surface area contributed by atoms with Gasteiger partial charge in [-0.15, -0.1) is 9.19 Å². The fourth-order valence-corrected chi connectivity index (χ4v) is 8.02. The quantitative estimate of drug-likeness (QED) is 0.198. The number of ether oxygens (including phenoxy) is 1. The summed E-state index contributed by atoms with van der Waals surface area (Å²) >= 11 is 0. The third kappa shape index (κ3) is 5.71. The molecule has 2 saturated heterocycles. The van der Waals surface area contributed by atoms with Crippen LogP contribution in [0.2, 0.25) is 0 Å². The van der Waals surface area contributed by atoms with Crippen molar-refractivity contribution in [3.63, 3.8) is 0 Å². The number of pyridine rings is 1. The van der Waals surface area contributed by atoms with Crippen molar-refractivity contribution in [2.75, 3.05) is 29.9 Å². The second-order valence-corrected chi connectivity index (χ2v) is 15.1. The molecule has 6 aromatic rings. The Morgan fingerprint density at radius 1 is 1.00 bits per heavy atom. The van der Waals surface area contributed by atoms with Crippen LogP contribution < -0.4 is 20.3 Å². The summed E-state index contributed by atoms with van der Waals surface area (Å²) in [5.41, 5.74) is 2.67. The molecule has 260 valence electrons. The molecule has 2 atom stereocenters. The average Bonchev–Trinajstić information content (AvgIpc) is 3.48. The molecule has 2 aliphatic heterocycles. The van der Waals surface area contributed by atoms with Crippen LogP contribution in [-0.4, -0.2) is 85.4 Å². The van der Waals surface area contributed by atoms with Crippen LogP contribution in [0.3, 0.4) is 0 Å². The first kappa shape index (κ1) is 31.4. The van der Waals surface area contributed by atoms with E-state index in [-0.39, 0.29) is 40.1 Å². The van der Waals surface area contributed by atoms with Gasteiger partial charge < -0.3 is 20.3 Å². The van der Waals surface area contributed by atoms with Crippen LogP contribution in [-0.2, 0) is 14.8 Å². The minimum Gasteiger partial charge on any atom is -0.453 e. The average molecular weight is 710 g/mol. The molecule has 2 aromatic carbocycles. The highest BCUT2D eigenvalue weighted by atomic mass is 32.2. The number of carbonyl (C=O) groups is 1. The zero-order valence-corrected chi connectivity index (χ0v) is 28.2. The van der Waals surface area contributed by atoms with E-state index < -0.39 is 28.4 Å². The predicted octanol–water partition coefficient (Wildman–Crippen LogP) is 3.68. The highest BCUT2D eigenvalue weighted by Crippen LogP contribution is 2.38. The van der Waals surface area contributed by atoms with E-state index in [2.05, 4.69) is 50.8 Å². The number of hydrogen-bond donors (Lipinski definition) is 3. The number of aryl methyl sites for hydroxylation is 1. The van der Waals surface area contributed by atoms with Crippen LogP contribution in [0, 0.1) is 12.7 Å². The maximum absolute atomic E-state index is 16.6. The van der Waals surface area contributed by atoms with Crippen LogP contribution in [0.15, 0.2) is 60.0 Å². The molecule has 0 unspecified atom stereocenters. The first-order valence-electron chi connectivity index (χ1n) is 16.7. The lowest BCUT2D eigenvalue weighted by Crippen LogP contribution is -2.51. The highest BCUT2D eigenvalue weighted by Gasteiger charge is 2.34. The van der Waals surface area contributed by atoms with Gasteiger partial charge in [0.25, 0.3) is 15.9 Å². The molecule has 4 aromatic heterocycles. The van der Waals surface area contributed by atoms with Crippen molar-refractivity contribution in [1.82, 2.24) is 44.6 Å². The molecule has 15 nitrogen and oxygen atoms in total. The number of rotatable bonds is 9. The molecule has 51 heavy (non-hydrogen) atoms. The van der Waals surface area contributed by atoms with Crippen molar-refractivity contribution in [2.24, 2.45) is 0 Å². The first-order valence-corrected chi connectivity index (χ1v) is 18.2. The van der Waals surface area contributed by atoms with E-state index in [0.717, 1.165) is 46.2 Å². The van der Waals surface area contributed by atoms with E-state index in [9.17, 15) is 13.2 Å². The van der Waals surface area contributed by atoms with Crippen molar-refractivity contribution in [1.29, 1.82) is 0 Å².